The summed E-state index contributed by atoms with van der Waals surface area (Å²) in [6, 6.07) is 2.09. The maximum Gasteiger partial charge on any atom is 0.237 e. The fraction of sp³-hybridized carbons (Fsp3) is 0.583. The van der Waals surface area contributed by atoms with E-state index in [1.54, 1.807) is 19.0 Å². The zero-order valence-electron chi connectivity index (χ0n) is 27.6. The molecule has 4 aliphatic carbocycles. The van der Waals surface area contributed by atoms with E-state index in [0.29, 0.717) is 36.5 Å². The Bertz CT molecular complexity index is 1570. The van der Waals surface area contributed by atoms with Crippen molar-refractivity contribution in [2.24, 2.45) is 23.7 Å². The minimum absolute atomic E-state index is 0.0148. The molecule has 0 aromatic carbocycles. The number of aromatic nitrogens is 2. The summed E-state index contributed by atoms with van der Waals surface area (Å²) in [4.78, 5) is 30.1. The first-order valence-electron chi connectivity index (χ1n) is 16.4. The summed E-state index contributed by atoms with van der Waals surface area (Å²) in [6.07, 6.45) is 13.8. The normalized spacial score (nSPS) is 34.4. The Kier molecular flexibility index (Phi) is 8.23. The number of nitriles is 1. The lowest BCUT2D eigenvalue weighted by atomic mass is 9.65. The summed E-state index contributed by atoms with van der Waals surface area (Å²) in [5.41, 5.74) is 6.69. The largest absolute Gasteiger partial charge is 0.427 e. The standard InChI is InChI=1S/C36H46N6O3/c1-8-27-22(4)28(27)15-31-20(2)9-10-24-13-25(34(44)41(6)7)11-12-30(24)36(31,35-40-39-19-45-35)16-21(3)38-18-32(43)42-26(17-37)14-29-23(5)33(29)42/h8,11-12,15,19,21-23,25-26,29,33,38H,9-10,13-14,16,18H2,1-7H3/b27-8-,28-15-. The van der Waals surface area contributed by atoms with Gasteiger partial charge in [-0.1, -0.05) is 49.3 Å². The number of hydrogen-bond acceptors (Lipinski definition) is 7. The molecule has 2 heterocycles. The fourth-order valence-electron chi connectivity index (χ4n) is 8.50. The number of amides is 2. The third-order valence-electron chi connectivity index (χ3n) is 11.1. The van der Waals surface area contributed by atoms with Crippen molar-refractivity contribution in [1.29, 1.82) is 5.26 Å². The average molecular weight is 611 g/mol. The van der Waals surface area contributed by atoms with E-state index in [-0.39, 0.29) is 42.4 Å². The molecule has 0 spiro atoms. The van der Waals surface area contributed by atoms with Crippen LogP contribution < -0.4 is 5.32 Å². The second-order valence-corrected chi connectivity index (χ2v) is 14.0. The summed E-state index contributed by atoms with van der Waals surface area (Å²) in [6.45, 7) is 11.0. The first-order valence-corrected chi connectivity index (χ1v) is 16.4. The average Bonchev–Trinajstić information content (AvgIpc) is 3.60. The third-order valence-corrected chi connectivity index (χ3v) is 11.1. The molecule has 5 aliphatic rings. The van der Waals surface area contributed by atoms with E-state index in [1.807, 2.05) is 11.0 Å². The second kappa shape index (κ2) is 11.9. The van der Waals surface area contributed by atoms with Gasteiger partial charge in [-0.15, -0.1) is 10.2 Å². The first kappa shape index (κ1) is 31.2. The molecule has 0 radical (unpaired) electrons. The number of nitrogens with one attached hydrogen (secondary N) is 1. The molecule has 1 aromatic rings. The van der Waals surface area contributed by atoms with Crippen LogP contribution in [0.25, 0.3) is 0 Å². The van der Waals surface area contributed by atoms with Gasteiger partial charge >= 0.3 is 0 Å². The highest BCUT2D eigenvalue weighted by atomic mass is 16.4. The van der Waals surface area contributed by atoms with Crippen molar-refractivity contribution in [2.75, 3.05) is 20.6 Å². The van der Waals surface area contributed by atoms with Gasteiger partial charge in [-0.2, -0.15) is 5.26 Å². The summed E-state index contributed by atoms with van der Waals surface area (Å²) in [5.74, 6) is 1.70. The minimum atomic E-state index is -0.766. The van der Waals surface area contributed by atoms with Gasteiger partial charge in [0.25, 0.3) is 0 Å². The monoisotopic (exact) mass is 610 g/mol. The van der Waals surface area contributed by atoms with Crippen molar-refractivity contribution in [3.05, 3.63) is 70.0 Å². The fourth-order valence-corrected chi connectivity index (χ4v) is 8.50. The van der Waals surface area contributed by atoms with E-state index in [1.165, 1.54) is 28.7 Å². The number of carbonyl (C=O) groups is 2. The molecule has 2 saturated carbocycles. The second-order valence-electron chi connectivity index (χ2n) is 14.0. The number of allylic oxidation sites excluding steroid dienone is 9. The lowest BCUT2D eigenvalue weighted by Crippen LogP contribution is -2.47. The van der Waals surface area contributed by atoms with Gasteiger partial charge in [0.05, 0.1) is 23.9 Å². The minimum Gasteiger partial charge on any atom is -0.427 e. The molecule has 2 amide bonds. The van der Waals surface area contributed by atoms with Gasteiger partial charge < -0.3 is 19.5 Å². The predicted octanol–water partition coefficient (Wildman–Crippen LogP) is 5.03. The van der Waals surface area contributed by atoms with Gasteiger partial charge in [0.15, 0.2) is 0 Å². The van der Waals surface area contributed by atoms with Crippen molar-refractivity contribution >= 4 is 11.8 Å². The highest BCUT2D eigenvalue weighted by Crippen LogP contribution is 2.55. The van der Waals surface area contributed by atoms with Crippen LogP contribution in [0.1, 0.15) is 72.6 Å². The maximum atomic E-state index is 13.5. The molecule has 238 valence electrons. The van der Waals surface area contributed by atoms with Gasteiger partial charge in [0.2, 0.25) is 24.1 Å². The highest BCUT2D eigenvalue weighted by Gasteiger charge is 2.60. The highest BCUT2D eigenvalue weighted by molar-refractivity contribution is 5.81. The Hall–Kier alpha value is -3.77. The van der Waals surface area contributed by atoms with Crippen LogP contribution in [0.2, 0.25) is 0 Å². The maximum absolute atomic E-state index is 13.5. The zero-order chi connectivity index (χ0) is 32.2. The molecule has 0 bridgehead atoms. The SMILES string of the molecule is C/C=C1\C(=C/C2=C(C)CCC3=C(C=CC(C(=O)N(C)C)C3)C2(CC(C)NCC(=O)N2C(C#N)CC3C(C)C32)c2nnco2)C1C. The van der Waals surface area contributed by atoms with Crippen LogP contribution in [0, 0.1) is 35.0 Å². The van der Waals surface area contributed by atoms with E-state index >= 15 is 0 Å². The summed E-state index contributed by atoms with van der Waals surface area (Å²) in [5, 5.41) is 22.0. The molecule has 9 nitrogen and oxygen atoms in total. The van der Waals surface area contributed by atoms with E-state index < -0.39 is 5.41 Å². The van der Waals surface area contributed by atoms with Crippen LogP contribution in [-0.4, -0.2) is 70.6 Å². The number of likely N-dealkylation sites (tertiary alicyclic amines) is 1. The molecule has 1 aromatic heterocycles. The number of hydrogen-bond donors (Lipinski definition) is 1. The van der Waals surface area contributed by atoms with Gasteiger partial charge in [-0.25, -0.2) is 0 Å². The van der Waals surface area contributed by atoms with Crippen LogP contribution in [-0.2, 0) is 15.0 Å². The van der Waals surface area contributed by atoms with Crippen LogP contribution in [0.4, 0.5) is 0 Å². The number of carbonyl (C=O) groups excluding carboxylic acids is 2. The topological polar surface area (TPSA) is 115 Å². The Morgan fingerprint density at radius 1 is 1.29 bits per heavy atom. The van der Waals surface area contributed by atoms with Crippen LogP contribution in [0.3, 0.4) is 0 Å². The van der Waals surface area contributed by atoms with Crippen molar-refractivity contribution in [3.63, 3.8) is 0 Å². The molecule has 3 fully saturated rings. The van der Waals surface area contributed by atoms with E-state index in [4.69, 9.17) is 4.42 Å². The van der Waals surface area contributed by atoms with E-state index in [0.717, 1.165) is 30.4 Å². The summed E-state index contributed by atoms with van der Waals surface area (Å²) in [7, 11) is 3.61. The molecular weight excluding hydrogens is 564 g/mol. The lowest BCUT2D eigenvalue weighted by molar-refractivity contribution is -0.132. The lowest BCUT2D eigenvalue weighted by Gasteiger charge is -2.39. The van der Waals surface area contributed by atoms with Gasteiger partial charge in [0, 0.05) is 32.1 Å². The number of fused-ring (bicyclic) bond motifs is 1. The molecule has 8 atom stereocenters. The quantitative estimate of drug-likeness (QED) is 0.439. The summed E-state index contributed by atoms with van der Waals surface area (Å²) < 4.78 is 6.14. The number of piperidine rings is 1. The third kappa shape index (κ3) is 5.31. The molecule has 1 saturated heterocycles. The van der Waals surface area contributed by atoms with Crippen molar-refractivity contribution in [3.8, 4) is 6.07 Å². The van der Waals surface area contributed by atoms with Gasteiger partial charge in [0.1, 0.15) is 6.04 Å². The number of rotatable bonds is 8. The van der Waals surface area contributed by atoms with Crippen molar-refractivity contribution in [1.82, 2.24) is 25.3 Å². The Morgan fingerprint density at radius 3 is 2.71 bits per heavy atom. The Morgan fingerprint density at radius 2 is 2.07 bits per heavy atom. The van der Waals surface area contributed by atoms with Crippen LogP contribution in [0.15, 0.2) is 68.6 Å². The molecule has 8 unspecified atom stereocenters. The smallest absolute Gasteiger partial charge is 0.237 e. The molecule has 9 heteroatoms. The van der Waals surface area contributed by atoms with Gasteiger partial charge in [-0.3, -0.25) is 9.59 Å². The van der Waals surface area contributed by atoms with Gasteiger partial charge in [-0.05, 0) is 87.0 Å². The van der Waals surface area contributed by atoms with Crippen molar-refractivity contribution in [2.45, 2.75) is 90.3 Å². The summed E-state index contributed by atoms with van der Waals surface area (Å²) >= 11 is 0. The Labute approximate surface area is 266 Å². The predicted molar refractivity (Wildman–Crippen MR) is 171 cm³/mol. The molecule has 1 N–H and O–H groups in total. The van der Waals surface area contributed by atoms with Crippen LogP contribution in [0.5, 0.6) is 0 Å². The first-order chi connectivity index (χ1) is 21.5. The number of nitrogens with zero attached hydrogens (tertiary/aromatic N) is 5. The molecule has 1 aliphatic heterocycles. The molecule has 6 rings (SSSR count). The molecule has 45 heavy (non-hydrogen) atoms. The Balaban J connectivity index is 1.38. The van der Waals surface area contributed by atoms with E-state index in [2.05, 4.69) is 74.4 Å². The van der Waals surface area contributed by atoms with Crippen molar-refractivity contribution < 1.29 is 14.0 Å². The zero-order valence-corrected chi connectivity index (χ0v) is 27.6. The van der Waals surface area contributed by atoms with E-state index in [9.17, 15) is 14.9 Å². The molecular formula is C36H46N6O3. The van der Waals surface area contributed by atoms with Crippen LogP contribution >= 0.6 is 0 Å².